The molecule has 25 heavy (non-hydrogen) atoms. The van der Waals surface area contributed by atoms with E-state index < -0.39 is 0 Å². The van der Waals surface area contributed by atoms with Crippen molar-refractivity contribution in [1.82, 2.24) is 9.88 Å². The van der Waals surface area contributed by atoms with Gasteiger partial charge in [-0.3, -0.25) is 0 Å². The lowest BCUT2D eigenvalue weighted by molar-refractivity contribution is -0.169. The topological polar surface area (TPSA) is 37.5 Å². The van der Waals surface area contributed by atoms with Gasteiger partial charge in [-0.15, -0.1) is 11.8 Å². The highest BCUT2D eigenvalue weighted by Crippen LogP contribution is 2.32. The van der Waals surface area contributed by atoms with E-state index in [1.165, 1.54) is 28.6 Å². The van der Waals surface area contributed by atoms with Crippen LogP contribution in [0.25, 0.3) is 10.9 Å². The summed E-state index contributed by atoms with van der Waals surface area (Å²) >= 11 is 7.26. The van der Waals surface area contributed by atoms with Gasteiger partial charge in [-0.1, -0.05) is 30.4 Å². The molecule has 1 aromatic carbocycles. The normalized spacial score (nSPS) is 23.6. The summed E-state index contributed by atoms with van der Waals surface area (Å²) in [6.45, 7) is 2.29. The standard InChI is InChI=1S/C19H24N2O2S2/c1-25-19(24)21-11-17-15(14-6-2-3-7-16(14)20-17)10-13(21)12-23-18-8-4-5-9-22-18/h2-3,6-7,13,18,20H,4-5,8-12H2,1H3/t13-,18?/m0/s1. The van der Waals surface area contributed by atoms with Crippen LogP contribution in [0, 0.1) is 0 Å². The van der Waals surface area contributed by atoms with E-state index in [4.69, 9.17) is 21.7 Å². The predicted octanol–water partition coefficient (Wildman–Crippen LogP) is 4.09. The Labute approximate surface area is 158 Å². The number of thiocarbonyl (C=S) groups is 1. The van der Waals surface area contributed by atoms with Gasteiger partial charge < -0.3 is 19.4 Å². The quantitative estimate of drug-likeness (QED) is 0.817. The third kappa shape index (κ3) is 3.58. The molecule has 0 spiro atoms. The van der Waals surface area contributed by atoms with E-state index in [1.807, 2.05) is 6.26 Å². The first kappa shape index (κ1) is 17.3. The first-order valence-corrected chi connectivity index (χ1v) is 10.6. The van der Waals surface area contributed by atoms with Gasteiger partial charge in [0.15, 0.2) is 6.29 Å². The zero-order valence-corrected chi connectivity index (χ0v) is 16.1. The first-order valence-electron chi connectivity index (χ1n) is 8.92. The van der Waals surface area contributed by atoms with Gasteiger partial charge in [0.2, 0.25) is 0 Å². The molecular weight excluding hydrogens is 352 g/mol. The van der Waals surface area contributed by atoms with Crippen molar-refractivity contribution in [2.75, 3.05) is 19.5 Å². The summed E-state index contributed by atoms with van der Waals surface area (Å²) < 4.78 is 12.8. The molecule has 0 aliphatic carbocycles. The molecule has 0 bridgehead atoms. The number of H-pyrrole nitrogens is 1. The number of aromatic amines is 1. The van der Waals surface area contributed by atoms with Gasteiger partial charge in [0.25, 0.3) is 0 Å². The third-order valence-electron chi connectivity index (χ3n) is 5.13. The van der Waals surface area contributed by atoms with Crippen LogP contribution in [0.3, 0.4) is 0 Å². The average Bonchev–Trinajstić information content (AvgIpc) is 3.03. The number of fused-ring (bicyclic) bond motifs is 3. The molecule has 134 valence electrons. The lowest BCUT2D eigenvalue weighted by atomic mass is 9.97. The number of nitrogens with zero attached hydrogens (tertiary/aromatic N) is 1. The highest BCUT2D eigenvalue weighted by Gasteiger charge is 2.31. The highest BCUT2D eigenvalue weighted by atomic mass is 32.2. The van der Waals surface area contributed by atoms with Gasteiger partial charge in [0.05, 0.1) is 19.2 Å². The molecule has 2 aromatic rings. The summed E-state index contributed by atoms with van der Waals surface area (Å²) in [5.74, 6) is 0. The number of ether oxygens (including phenoxy) is 2. The van der Waals surface area contributed by atoms with Crippen molar-refractivity contribution in [3.8, 4) is 0 Å². The van der Waals surface area contributed by atoms with E-state index in [0.29, 0.717) is 6.61 Å². The van der Waals surface area contributed by atoms with Crippen LogP contribution < -0.4 is 0 Å². The maximum atomic E-state index is 6.11. The Hall–Kier alpha value is -1.08. The number of benzene rings is 1. The van der Waals surface area contributed by atoms with Gasteiger partial charge in [0, 0.05) is 23.2 Å². The minimum atomic E-state index is -0.0529. The molecule has 3 heterocycles. The van der Waals surface area contributed by atoms with Crippen molar-refractivity contribution in [3.05, 3.63) is 35.5 Å². The summed E-state index contributed by atoms with van der Waals surface area (Å²) in [6, 6.07) is 8.80. The molecule has 1 N–H and O–H groups in total. The molecule has 0 amide bonds. The minimum absolute atomic E-state index is 0.0529. The van der Waals surface area contributed by atoms with Crippen LogP contribution >= 0.6 is 24.0 Å². The Balaban J connectivity index is 1.56. The van der Waals surface area contributed by atoms with Gasteiger partial charge in [0.1, 0.15) is 4.32 Å². The number of hydrogen-bond donors (Lipinski definition) is 1. The molecule has 1 unspecified atom stereocenters. The van der Waals surface area contributed by atoms with E-state index >= 15 is 0 Å². The molecule has 6 heteroatoms. The lowest BCUT2D eigenvalue weighted by Crippen LogP contribution is -2.46. The zero-order valence-electron chi connectivity index (χ0n) is 14.5. The number of aromatic nitrogens is 1. The van der Waals surface area contributed by atoms with Crippen LogP contribution in [0.4, 0.5) is 0 Å². The fourth-order valence-electron chi connectivity index (χ4n) is 3.81. The number of para-hydroxylation sites is 1. The van der Waals surface area contributed by atoms with Crippen LogP contribution in [-0.4, -0.2) is 46.0 Å². The predicted molar refractivity (Wildman–Crippen MR) is 107 cm³/mol. The molecule has 4 nitrogen and oxygen atoms in total. The maximum absolute atomic E-state index is 6.11. The molecule has 1 fully saturated rings. The average molecular weight is 377 g/mol. The van der Waals surface area contributed by atoms with E-state index in [9.17, 15) is 0 Å². The second kappa shape index (κ2) is 7.66. The third-order valence-corrected chi connectivity index (χ3v) is 6.45. The first-order chi connectivity index (χ1) is 12.3. The fourth-order valence-corrected chi connectivity index (χ4v) is 4.47. The molecule has 2 atom stereocenters. The van der Waals surface area contributed by atoms with Crippen LogP contribution in [0.1, 0.15) is 30.5 Å². The highest BCUT2D eigenvalue weighted by molar-refractivity contribution is 8.22. The van der Waals surface area contributed by atoms with Crippen LogP contribution in [0.5, 0.6) is 0 Å². The summed E-state index contributed by atoms with van der Waals surface area (Å²) in [5.41, 5.74) is 3.90. The van der Waals surface area contributed by atoms with Crippen LogP contribution in [0.2, 0.25) is 0 Å². The van der Waals surface area contributed by atoms with Crippen molar-refractivity contribution >= 4 is 39.2 Å². The Morgan fingerprint density at radius 2 is 2.28 bits per heavy atom. The van der Waals surface area contributed by atoms with E-state index in [1.54, 1.807) is 11.8 Å². The summed E-state index contributed by atoms with van der Waals surface area (Å²) in [5, 5.41) is 1.33. The summed E-state index contributed by atoms with van der Waals surface area (Å²) in [7, 11) is 0. The smallest absolute Gasteiger partial charge is 0.157 e. The van der Waals surface area contributed by atoms with Gasteiger partial charge in [-0.05, 0) is 43.6 Å². The van der Waals surface area contributed by atoms with Crippen molar-refractivity contribution < 1.29 is 9.47 Å². The second-order valence-corrected chi connectivity index (χ2v) is 8.15. The zero-order chi connectivity index (χ0) is 17.2. The molecule has 1 saturated heterocycles. The van der Waals surface area contributed by atoms with E-state index in [0.717, 1.165) is 36.7 Å². The van der Waals surface area contributed by atoms with Gasteiger partial charge >= 0.3 is 0 Å². The number of nitrogens with one attached hydrogen (secondary N) is 1. The van der Waals surface area contributed by atoms with Crippen molar-refractivity contribution in [3.63, 3.8) is 0 Å². The fraction of sp³-hybridized carbons (Fsp3) is 0.526. The molecule has 2 aliphatic rings. The SMILES string of the molecule is CSC(=S)N1Cc2[nH]c3ccccc3c2C[C@H]1COC1CCCCO1. The Morgan fingerprint density at radius 3 is 3.08 bits per heavy atom. The van der Waals surface area contributed by atoms with Crippen LogP contribution in [0.15, 0.2) is 24.3 Å². The Bertz CT molecular complexity index is 755. The number of thioether (sulfide) groups is 1. The summed E-state index contributed by atoms with van der Waals surface area (Å²) in [6.07, 6.45) is 6.28. The number of rotatable bonds is 3. The van der Waals surface area contributed by atoms with E-state index in [2.05, 4.69) is 34.1 Å². The molecule has 4 rings (SSSR count). The monoisotopic (exact) mass is 376 g/mol. The largest absolute Gasteiger partial charge is 0.357 e. The molecule has 0 radical (unpaired) electrons. The molecule has 0 saturated carbocycles. The van der Waals surface area contributed by atoms with Gasteiger partial charge in [-0.25, -0.2) is 0 Å². The van der Waals surface area contributed by atoms with Gasteiger partial charge in [-0.2, -0.15) is 0 Å². The second-order valence-electron chi connectivity index (χ2n) is 6.71. The van der Waals surface area contributed by atoms with Crippen molar-refractivity contribution in [2.24, 2.45) is 0 Å². The Morgan fingerprint density at radius 1 is 1.40 bits per heavy atom. The molecule has 1 aromatic heterocycles. The number of hydrogen-bond acceptors (Lipinski definition) is 4. The van der Waals surface area contributed by atoms with Crippen molar-refractivity contribution in [2.45, 2.75) is 44.6 Å². The van der Waals surface area contributed by atoms with Crippen LogP contribution in [-0.2, 0) is 22.4 Å². The molecular formula is C19H24N2O2S2. The Kier molecular flexibility index (Phi) is 5.31. The van der Waals surface area contributed by atoms with E-state index in [-0.39, 0.29) is 12.3 Å². The maximum Gasteiger partial charge on any atom is 0.157 e. The summed E-state index contributed by atoms with van der Waals surface area (Å²) in [4.78, 5) is 5.88. The minimum Gasteiger partial charge on any atom is -0.357 e. The lowest BCUT2D eigenvalue weighted by Gasteiger charge is -2.37. The molecule has 2 aliphatic heterocycles. The van der Waals surface area contributed by atoms with Crippen molar-refractivity contribution in [1.29, 1.82) is 0 Å².